The van der Waals surface area contributed by atoms with Gasteiger partial charge in [-0.2, -0.15) is 0 Å². The van der Waals surface area contributed by atoms with Gasteiger partial charge in [0.2, 0.25) is 0 Å². The van der Waals surface area contributed by atoms with E-state index in [0.717, 1.165) is 41.9 Å². The number of carbonyl (C=O) groups excluding carboxylic acids is 8. The second-order valence-electron chi connectivity index (χ2n) is 20.3. The second-order valence-corrected chi connectivity index (χ2v) is 20.3. The van der Waals surface area contributed by atoms with Crippen LogP contribution in [0.3, 0.4) is 0 Å². The number of hydrogen-bond donors (Lipinski definition) is 4. The standard InChI is InChI=1S/4C17H13NO4.2Rh/c4*19-15-12-8-4-5-9-13(12)16(20)18(15)14(17(21)22)10-11-6-2-1-3-7-11;;/h4*1-9,14H,10H2,(H,21,22);;/t4*14-;;/m1111../s1. The molecular weight excluding hydrogens is 1330 g/mol. The van der Waals surface area contributed by atoms with E-state index in [4.69, 9.17) is 0 Å². The van der Waals surface area contributed by atoms with Crippen LogP contribution in [0.1, 0.15) is 105 Å². The SMILES string of the molecule is O=C(O)[C@@H](Cc1ccccc1)N1C(=O)c2ccccc2C1=O.O=C(O)[C@@H](Cc1ccccc1)N1C(=O)c2ccccc2C1=O.O=C(O)[C@@H](Cc1ccccc1)N1C(=O)c2ccccc2C1=O.O=C(O)[C@@H](Cc1ccccc1)N1C(=O)c2ccccc2C1=O.[Rh].[Rh]. The molecule has 4 atom stereocenters. The average Bonchev–Trinajstić information content (AvgIpc) is 1.81. The summed E-state index contributed by atoms with van der Waals surface area (Å²) in [5, 5.41) is 37.9. The molecule has 0 aromatic heterocycles. The van der Waals surface area contributed by atoms with Gasteiger partial charge in [0.1, 0.15) is 24.2 Å². The van der Waals surface area contributed by atoms with Crippen LogP contribution >= 0.6 is 0 Å². The Balaban J connectivity index is 0.000000169. The molecule has 12 rings (SSSR count). The van der Waals surface area contributed by atoms with Gasteiger partial charge in [-0.05, 0) is 70.8 Å². The molecule has 0 saturated heterocycles. The molecule has 22 heteroatoms. The predicted molar refractivity (Wildman–Crippen MR) is 314 cm³/mol. The van der Waals surface area contributed by atoms with Crippen molar-refractivity contribution in [2.75, 3.05) is 0 Å². The van der Waals surface area contributed by atoms with Crippen molar-refractivity contribution in [3.8, 4) is 0 Å². The largest absolute Gasteiger partial charge is 0.480 e. The van der Waals surface area contributed by atoms with Crippen molar-refractivity contribution in [2.24, 2.45) is 0 Å². The van der Waals surface area contributed by atoms with Gasteiger partial charge in [0.15, 0.2) is 0 Å². The second kappa shape index (κ2) is 29.9. The summed E-state index contributed by atoms with van der Waals surface area (Å²) in [6.07, 6.45) is 0.340. The Labute approximate surface area is 539 Å². The van der Waals surface area contributed by atoms with Crippen molar-refractivity contribution in [1.82, 2.24) is 19.6 Å². The molecule has 8 aromatic carbocycles. The number of hydrogen-bond acceptors (Lipinski definition) is 12. The van der Waals surface area contributed by atoms with Crippen LogP contribution in [-0.2, 0) is 83.8 Å². The molecule has 0 fully saturated rings. The molecule has 8 amide bonds. The van der Waals surface area contributed by atoms with Gasteiger partial charge in [-0.3, -0.25) is 58.0 Å². The van der Waals surface area contributed by atoms with Gasteiger partial charge >= 0.3 is 23.9 Å². The molecule has 458 valence electrons. The molecular formula is C68H52N4O16Rh2. The van der Waals surface area contributed by atoms with E-state index in [1.807, 2.05) is 24.3 Å². The Kier molecular flexibility index (Phi) is 22.2. The molecule has 4 aliphatic heterocycles. The van der Waals surface area contributed by atoms with Gasteiger partial charge in [-0.15, -0.1) is 0 Å². The monoisotopic (exact) mass is 1390 g/mol. The normalized spacial score (nSPS) is 14.5. The summed E-state index contributed by atoms with van der Waals surface area (Å²) >= 11 is 0. The van der Waals surface area contributed by atoms with E-state index >= 15 is 0 Å². The summed E-state index contributed by atoms with van der Waals surface area (Å²) < 4.78 is 0. The van der Waals surface area contributed by atoms with E-state index in [9.17, 15) is 78.0 Å². The van der Waals surface area contributed by atoms with Gasteiger partial charge in [0, 0.05) is 64.6 Å². The molecule has 4 heterocycles. The Morgan fingerprint density at radius 1 is 0.233 bits per heavy atom. The molecule has 0 unspecified atom stereocenters. The van der Waals surface area contributed by atoms with Crippen LogP contribution in [0.2, 0.25) is 0 Å². The quantitative estimate of drug-likeness (QED) is 0.0528. The third-order valence-corrected chi connectivity index (χ3v) is 14.8. The Morgan fingerprint density at radius 2 is 0.356 bits per heavy atom. The predicted octanol–water partition coefficient (Wildman–Crippen LogP) is 7.91. The summed E-state index contributed by atoms with van der Waals surface area (Å²) in [6, 6.07) is 56.4. The number of aliphatic carboxylic acids is 4. The van der Waals surface area contributed by atoms with Gasteiger partial charge < -0.3 is 20.4 Å². The molecule has 0 bridgehead atoms. The van der Waals surface area contributed by atoms with Crippen LogP contribution < -0.4 is 0 Å². The zero-order valence-electron chi connectivity index (χ0n) is 47.1. The van der Waals surface area contributed by atoms with E-state index in [-0.39, 0.29) is 109 Å². The Hall–Kier alpha value is -10.6. The van der Waals surface area contributed by atoms with E-state index in [1.54, 1.807) is 146 Å². The fourth-order valence-electron chi connectivity index (χ4n) is 10.5. The summed E-state index contributed by atoms with van der Waals surface area (Å²) in [6.45, 7) is 0. The average molecular weight is 1390 g/mol. The van der Waals surface area contributed by atoms with Crippen molar-refractivity contribution in [1.29, 1.82) is 0 Å². The molecule has 4 aliphatic rings. The van der Waals surface area contributed by atoms with E-state index < -0.39 is 95.3 Å². The fraction of sp³-hybridized carbons (Fsp3) is 0.118. The first kappa shape index (κ1) is 67.0. The number of fused-ring (bicyclic) bond motifs is 4. The number of imide groups is 4. The molecule has 90 heavy (non-hydrogen) atoms. The van der Waals surface area contributed by atoms with Gasteiger partial charge in [0.05, 0.1) is 44.5 Å². The minimum Gasteiger partial charge on any atom is -0.480 e. The summed E-state index contributed by atoms with van der Waals surface area (Å²) in [5.74, 6) is -9.20. The van der Waals surface area contributed by atoms with Crippen molar-refractivity contribution >= 4 is 71.1 Å². The van der Waals surface area contributed by atoms with Crippen molar-refractivity contribution in [3.63, 3.8) is 0 Å². The maximum Gasteiger partial charge on any atom is 0.327 e. The molecule has 4 N–H and O–H groups in total. The number of amides is 8. The van der Waals surface area contributed by atoms with Crippen LogP contribution in [0.5, 0.6) is 0 Å². The minimum absolute atomic E-state index is 0. The molecule has 2 radical (unpaired) electrons. The van der Waals surface area contributed by atoms with Gasteiger partial charge in [-0.1, -0.05) is 170 Å². The van der Waals surface area contributed by atoms with Crippen molar-refractivity contribution in [2.45, 2.75) is 49.9 Å². The smallest absolute Gasteiger partial charge is 0.327 e. The van der Waals surface area contributed by atoms with Crippen molar-refractivity contribution < 1.29 is 117 Å². The molecule has 0 spiro atoms. The first-order chi connectivity index (χ1) is 42.4. The van der Waals surface area contributed by atoms with Crippen LogP contribution in [-0.4, -0.2) is 135 Å². The number of carbonyl (C=O) groups is 12. The molecule has 8 aromatic rings. The van der Waals surface area contributed by atoms with E-state index in [0.29, 0.717) is 0 Å². The topological polar surface area (TPSA) is 299 Å². The molecule has 0 saturated carbocycles. The summed E-state index contributed by atoms with van der Waals surface area (Å²) in [5.41, 5.74) is 5.07. The fourth-order valence-corrected chi connectivity index (χ4v) is 10.5. The van der Waals surface area contributed by atoms with Crippen LogP contribution in [0.15, 0.2) is 218 Å². The third-order valence-electron chi connectivity index (χ3n) is 14.8. The van der Waals surface area contributed by atoms with E-state index in [1.165, 1.54) is 48.5 Å². The zero-order valence-corrected chi connectivity index (χ0v) is 50.3. The molecule has 20 nitrogen and oxygen atoms in total. The van der Waals surface area contributed by atoms with Crippen LogP contribution in [0.4, 0.5) is 0 Å². The Bertz CT molecular complexity index is 3410. The first-order valence-electron chi connectivity index (χ1n) is 27.3. The van der Waals surface area contributed by atoms with Crippen LogP contribution in [0, 0.1) is 0 Å². The Morgan fingerprint density at radius 3 is 0.478 bits per heavy atom. The number of carboxylic acid groups (broad SMARTS) is 4. The summed E-state index contributed by atoms with van der Waals surface area (Å²) in [7, 11) is 0. The molecule has 0 aliphatic carbocycles. The zero-order chi connectivity index (χ0) is 62.8. The maximum atomic E-state index is 12.4. The maximum absolute atomic E-state index is 12.4. The van der Waals surface area contributed by atoms with Crippen molar-refractivity contribution in [3.05, 3.63) is 285 Å². The minimum atomic E-state index is -1.21. The first-order valence-corrected chi connectivity index (χ1v) is 27.3. The summed E-state index contributed by atoms with van der Waals surface area (Å²) in [4.78, 5) is 149. The van der Waals surface area contributed by atoms with Crippen LogP contribution in [0.25, 0.3) is 0 Å². The number of nitrogens with zero attached hydrogens (tertiary/aromatic N) is 4. The number of carboxylic acids is 4. The number of rotatable bonds is 16. The van der Waals surface area contributed by atoms with Gasteiger partial charge in [-0.25, -0.2) is 19.2 Å². The number of benzene rings is 8. The third kappa shape index (κ3) is 14.4. The van der Waals surface area contributed by atoms with E-state index in [2.05, 4.69) is 0 Å². The van der Waals surface area contributed by atoms with Gasteiger partial charge in [0.25, 0.3) is 47.3 Å².